The molecule has 1 heterocycles. The number of unbranched alkanes of at least 4 members (excludes halogenated alkanes) is 2. The van der Waals surface area contributed by atoms with Crippen LogP contribution in [0.15, 0.2) is 23.1 Å². The van der Waals surface area contributed by atoms with Crippen LogP contribution < -0.4 is 10.9 Å². The third kappa shape index (κ3) is 4.82. The number of amides is 1. The molecule has 0 saturated carbocycles. The number of carbonyl (C=O) groups excluding carboxylic acids is 1. The van der Waals surface area contributed by atoms with E-state index in [1.54, 1.807) is 6.07 Å². The highest BCUT2D eigenvalue weighted by atomic mass is 16.4. The minimum absolute atomic E-state index is 0.0861. The first kappa shape index (κ1) is 14.0. The number of hydrogen-bond donors (Lipinski definition) is 3. The number of aromatic nitrogens is 1. The molecular weight excluding hydrogens is 236 g/mol. The molecule has 0 aliphatic carbocycles. The van der Waals surface area contributed by atoms with Crippen molar-refractivity contribution < 1.29 is 14.7 Å². The van der Waals surface area contributed by atoms with Crippen molar-refractivity contribution in [2.75, 3.05) is 6.54 Å². The third-order valence-corrected chi connectivity index (χ3v) is 2.42. The Kier molecular flexibility index (Phi) is 5.63. The Morgan fingerprint density at radius 3 is 2.72 bits per heavy atom. The normalized spacial score (nSPS) is 10.0. The van der Waals surface area contributed by atoms with Crippen LogP contribution in [0.1, 0.15) is 36.0 Å². The maximum Gasteiger partial charge on any atom is 0.303 e. The number of H-pyrrole nitrogens is 1. The molecule has 0 unspecified atom stereocenters. The maximum absolute atomic E-state index is 11.6. The lowest BCUT2D eigenvalue weighted by atomic mass is 10.2. The van der Waals surface area contributed by atoms with Gasteiger partial charge in [0.05, 0.1) is 0 Å². The van der Waals surface area contributed by atoms with E-state index in [4.69, 9.17) is 5.11 Å². The highest BCUT2D eigenvalue weighted by Gasteiger charge is 2.08. The van der Waals surface area contributed by atoms with Crippen LogP contribution in [0.25, 0.3) is 0 Å². The van der Waals surface area contributed by atoms with Gasteiger partial charge in [0.15, 0.2) is 0 Å². The molecule has 0 atom stereocenters. The van der Waals surface area contributed by atoms with Crippen LogP contribution in [0.5, 0.6) is 0 Å². The molecular formula is C12H16N2O4. The van der Waals surface area contributed by atoms with Crippen LogP contribution in [-0.2, 0) is 4.79 Å². The van der Waals surface area contributed by atoms with Gasteiger partial charge in [0.25, 0.3) is 11.5 Å². The Morgan fingerprint density at radius 2 is 2.06 bits per heavy atom. The van der Waals surface area contributed by atoms with Crippen molar-refractivity contribution in [3.05, 3.63) is 34.2 Å². The maximum atomic E-state index is 11.6. The fourth-order valence-electron chi connectivity index (χ4n) is 1.48. The van der Waals surface area contributed by atoms with Gasteiger partial charge >= 0.3 is 5.97 Å². The Balaban J connectivity index is 2.24. The van der Waals surface area contributed by atoms with Crippen molar-refractivity contribution in [2.45, 2.75) is 25.7 Å². The molecule has 0 saturated heterocycles. The summed E-state index contributed by atoms with van der Waals surface area (Å²) in [5, 5.41) is 11.1. The average molecular weight is 252 g/mol. The van der Waals surface area contributed by atoms with Crippen LogP contribution in [0, 0.1) is 0 Å². The summed E-state index contributed by atoms with van der Waals surface area (Å²) in [6, 6.07) is 3.04. The van der Waals surface area contributed by atoms with E-state index in [2.05, 4.69) is 10.3 Å². The van der Waals surface area contributed by atoms with Crippen LogP contribution in [0.4, 0.5) is 0 Å². The molecule has 6 nitrogen and oxygen atoms in total. The minimum Gasteiger partial charge on any atom is -0.481 e. The standard InChI is InChI=1S/C12H16N2O4/c15-10(16)6-2-1-3-7-13-11(17)9-5-4-8-14-12(9)18/h4-5,8H,1-3,6-7H2,(H,13,17)(H,14,18)(H,15,16). The van der Waals surface area contributed by atoms with Gasteiger partial charge in [0.1, 0.15) is 5.56 Å². The molecule has 18 heavy (non-hydrogen) atoms. The number of carboxylic acid groups (broad SMARTS) is 1. The second-order valence-electron chi connectivity index (χ2n) is 3.87. The van der Waals surface area contributed by atoms with E-state index in [0.29, 0.717) is 19.4 Å². The molecule has 0 aliphatic rings. The number of rotatable bonds is 7. The number of carboxylic acids is 1. The summed E-state index contributed by atoms with van der Waals surface area (Å²) < 4.78 is 0. The van der Waals surface area contributed by atoms with E-state index in [9.17, 15) is 14.4 Å². The van der Waals surface area contributed by atoms with E-state index in [1.807, 2.05) is 0 Å². The highest BCUT2D eigenvalue weighted by Crippen LogP contribution is 1.99. The molecule has 0 fully saturated rings. The molecule has 1 amide bonds. The lowest BCUT2D eigenvalue weighted by Gasteiger charge is -2.03. The van der Waals surface area contributed by atoms with E-state index < -0.39 is 17.4 Å². The summed E-state index contributed by atoms with van der Waals surface area (Å²) >= 11 is 0. The van der Waals surface area contributed by atoms with E-state index in [1.165, 1.54) is 12.3 Å². The average Bonchev–Trinajstić information content (AvgIpc) is 2.33. The first-order valence-electron chi connectivity index (χ1n) is 5.79. The fourth-order valence-corrected chi connectivity index (χ4v) is 1.48. The molecule has 1 rings (SSSR count). The van der Waals surface area contributed by atoms with Gasteiger partial charge in [-0.3, -0.25) is 14.4 Å². The van der Waals surface area contributed by atoms with Gasteiger partial charge < -0.3 is 15.4 Å². The van der Waals surface area contributed by atoms with Crippen molar-refractivity contribution in [3.8, 4) is 0 Å². The lowest BCUT2D eigenvalue weighted by Crippen LogP contribution is -2.29. The molecule has 1 aromatic heterocycles. The summed E-state index contributed by atoms with van der Waals surface area (Å²) in [6.07, 6.45) is 3.63. The Labute approximate surface area is 104 Å². The SMILES string of the molecule is O=C(O)CCCCCNC(=O)c1ccc[nH]c1=O. The van der Waals surface area contributed by atoms with Crippen molar-refractivity contribution >= 4 is 11.9 Å². The molecule has 1 aromatic rings. The van der Waals surface area contributed by atoms with Gasteiger partial charge in [-0.05, 0) is 25.0 Å². The zero-order chi connectivity index (χ0) is 13.4. The number of aliphatic carboxylic acids is 1. The van der Waals surface area contributed by atoms with E-state index in [0.717, 1.165) is 6.42 Å². The van der Waals surface area contributed by atoms with Gasteiger partial charge in [0.2, 0.25) is 0 Å². The number of nitrogens with one attached hydrogen (secondary N) is 2. The van der Waals surface area contributed by atoms with Gasteiger partial charge in [-0.2, -0.15) is 0 Å². The Hall–Kier alpha value is -2.11. The van der Waals surface area contributed by atoms with Crippen molar-refractivity contribution in [1.29, 1.82) is 0 Å². The first-order chi connectivity index (χ1) is 8.61. The fraction of sp³-hybridized carbons (Fsp3) is 0.417. The minimum atomic E-state index is -0.810. The second-order valence-corrected chi connectivity index (χ2v) is 3.87. The molecule has 0 radical (unpaired) electrons. The van der Waals surface area contributed by atoms with Crippen LogP contribution in [0.2, 0.25) is 0 Å². The van der Waals surface area contributed by atoms with Crippen LogP contribution in [-0.4, -0.2) is 28.5 Å². The number of hydrogen-bond acceptors (Lipinski definition) is 3. The predicted octanol–water partition coefficient (Wildman–Crippen LogP) is 0.750. The number of pyridine rings is 1. The number of carbonyl (C=O) groups is 2. The topological polar surface area (TPSA) is 99.3 Å². The van der Waals surface area contributed by atoms with Crippen LogP contribution in [0.3, 0.4) is 0 Å². The highest BCUT2D eigenvalue weighted by molar-refractivity contribution is 5.93. The summed E-state index contributed by atoms with van der Waals surface area (Å²) in [6.45, 7) is 0.437. The lowest BCUT2D eigenvalue weighted by molar-refractivity contribution is -0.137. The molecule has 0 aromatic carbocycles. The van der Waals surface area contributed by atoms with Crippen molar-refractivity contribution in [1.82, 2.24) is 10.3 Å². The predicted molar refractivity (Wildman–Crippen MR) is 65.5 cm³/mol. The molecule has 0 spiro atoms. The third-order valence-electron chi connectivity index (χ3n) is 2.42. The zero-order valence-corrected chi connectivity index (χ0v) is 9.94. The Morgan fingerprint density at radius 1 is 1.28 bits per heavy atom. The smallest absolute Gasteiger partial charge is 0.303 e. The Bertz CT molecular complexity index is 467. The molecule has 0 bridgehead atoms. The summed E-state index contributed by atoms with van der Waals surface area (Å²) in [5.74, 6) is -1.22. The van der Waals surface area contributed by atoms with Gasteiger partial charge in [-0.25, -0.2) is 0 Å². The van der Waals surface area contributed by atoms with E-state index >= 15 is 0 Å². The second kappa shape index (κ2) is 7.26. The van der Waals surface area contributed by atoms with Crippen molar-refractivity contribution in [3.63, 3.8) is 0 Å². The molecule has 6 heteroatoms. The van der Waals surface area contributed by atoms with Gasteiger partial charge in [-0.15, -0.1) is 0 Å². The largest absolute Gasteiger partial charge is 0.481 e. The zero-order valence-electron chi connectivity index (χ0n) is 9.94. The summed E-state index contributed by atoms with van der Waals surface area (Å²) in [4.78, 5) is 35.5. The van der Waals surface area contributed by atoms with Gasteiger partial charge in [-0.1, -0.05) is 6.42 Å². The van der Waals surface area contributed by atoms with E-state index in [-0.39, 0.29) is 12.0 Å². The molecule has 3 N–H and O–H groups in total. The van der Waals surface area contributed by atoms with Crippen molar-refractivity contribution in [2.24, 2.45) is 0 Å². The molecule has 98 valence electrons. The quantitative estimate of drug-likeness (QED) is 0.623. The summed E-state index contributed by atoms with van der Waals surface area (Å²) in [7, 11) is 0. The number of aromatic amines is 1. The first-order valence-corrected chi connectivity index (χ1v) is 5.79. The molecule has 0 aliphatic heterocycles. The summed E-state index contributed by atoms with van der Waals surface area (Å²) in [5.41, 5.74) is -0.330. The van der Waals surface area contributed by atoms with Crippen LogP contribution >= 0.6 is 0 Å². The van der Waals surface area contributed by atoms with Gasteiger partial charge in [0, 0.05) is 19.2 Å². The monoisotopic (exact) mass is 252 g/mol.